The molecular weight excluding hydrogens is 500 g/mol. The van der Waals surface area contributed by atoms with Crippen LogP contribution < -0.4 is 10.1 Å². The minimum Gasteiger partial charge on any atom is -0.496 e. The third-order valence-electron chi connectivity index (χ3n) is 6.29. The van der Waals surface area contributed by atoms with Gasteiger partial charge in [-0.05, 0) is 49.7 Å². The summed E-state index contributed by atoms with van der Waals surface area (Å²) in [6, 6.07) is 21.5. The van der Waals surface area contributed by atoms with Crippen molar-refractivity contribution in [1.29, 1.82) is 0 Å². The van der Waals surface area contributed by atoms with Gasteiger partial charge in [0.1, 0.15) is 11.3 Å². The van der Waals surface area contributed by atoms with Crippen LogP contribution in [0.1, 0.15) is 24.2 Å². The number of carbonyl (C=O) groups excluding carboxylic acids is 1. The molecule has 3 aromatic carbocycles. The summed E-state index contributed by atoms with van der Waals surface area (Å²) in [5.74, 6) is 0.474. The van der Waals surface area contributed by atoms with Crippen molar-refractivity contribution in [3.05, 3.63) is 90.8 Å². The number of ether oxygens (including phenoxy) is 1. The summed E-state index contributed by atoms with van der Waals surface area (Å²) < 4.78 is 30.3. The van der Waals surface area contributed by atoms with E-state index in [1.165, 1.54) is 0 Å². The fourth-order valence-electron chi connectivity index (χ4n) is 4.09. The first kappa shape index (κ1) is 25.2. The first-order chi connectivity index (χ1) is 18.3. The molecule has 5 aromatic rings. The van der Waals surface area contributed by atoms with Crippen molar-refractivity contribution >= 4 is 32.6 Å². The summed E-state index contributed by atoms with van der Waals surface area (Å²) in [5.41, 5.74) is 5.16. The molecule has 0 saturated carbocycles. The molecule has 5 rings (SSSR count). The molecule has 38 heavy (non-hydrogen) atoms. The molecule has 2 heterocycles. The van der Waals surface area contributed by atoms with Crippen LogP contribution in [0.3, 0.4) is 0 Å². The van der Waals surface area contributed by atoms with Gasteiger partial charge in [-0.1, -0.05) is 42.5 Å². The highest BCUT2D eigenvalue weighted by molar-refractivity contribution is 7.92. The van der Waals surface area contributed by atoms with Gasteiger partial charge in [0.15, 0.2) is 15.5 Å². The molecule has 0 atom stereocenters. The number of anilines is 1. The van der Waals surface area contributed by atoms with Crippen LogP contribution in [0.5, 0.6) is 5.75 Å². The normalized spacial score (nSPS) is 11.6. The Labute approximate surface area is 220 Å². The fraction of sp³-hybridized carbons (Fsp3) is 0.138. The largest absolute Gasteiger partial charge is 0.496 e. The van der Waals surface area contributed by atoms with Gasteiger partial charge in [-0.3, -0.25) is 4.79 Å². The smallest absolute Gasteiger partial charge is 0.255 e. The van der Waals surface area contributed by atoms with Crippen LogP contribution in [-0.2, 0) is 9.84 Å². The van der Waals surface area contributed by atoms with Crippen LogP contribution in [0.4, 0.5) is 5.69 Å². The molecule has 192 valence electrons. The van der Waals surface area contributed by atoms with Crippen molar-refractivity contribution in [3.63, 3.8) is 0 Å². The monoisotopic (exact) mass is 526 g/mol. The number of amides is 1. The Morgan fingerprint density at radius 1 is 0.947 bits per heavy atom. The Morgan fingerprint density at radius 3 is 2.32 bits per heavy atom. The number of methoxy groups -OCH3 is 1. The Morgan fingerprint density at radius 2 is 1.63 bits per heavy atom. The number of benzene rings is 3. The topological polar surface area (TPSA) is 114 Å². The zero-order valence-electron chi connectivity index (χ0n) is 21.1. The zero-order valence-corrected chi connectivity index (χ0v) is 21.9. The van der Waals surface area contributed by atoms with Crippen LogP contribution in [0.15, 0.2) is 90.1 Å². The van der Waals surface area contributed by atoms with Gasteiger partial charge in [0.05, 0.1) is 34.8 Å². The van der Waals surface area contributed by atoms with Crippen molar-refractivity contribution in [1.82, 2.24) is 15.0 Å². The van der Waals surface area contributed by atoms with E-state index < -0.39 is 15.1 Å². The van der Waals surface area contributed by atoms with Crippen LogP contribution in [0.2, 0.25) is 0 Å². The molecular formula is C29H26N4O4S. The summed E-state index contributed by atoms with van der Waals surface area (Å²) in [7, 11) is -1.74. The molecule has 0 unspecified atom stereocenters. The number of carbonyl (C=O) groups is 1. The average molecular weight is 527 g/mol. The molecule has 9 heteroatoms. The molecule has 0 fully saturated rings. The SMILES string of the molecule is COc1ccccc1-c1ccc(C(=O)Nc2c[nH]c3ncc(-c4ccc(S(=O)(=O)C(C)C)cc4)nc23)cc1. The van der Waals surface area contributed by atoms with Crippen molar-refractivity contribution in [2.24, 2.45) is 0 Å². The van der Waals surface area contributed by atoms with E-state index in [1.807, 2.05) is 36.4 Å². The lowest BCUT2D eigenvalue weighted by Crippen LogP contribution is -2.13. The average Bonchev–Trinajstić information content (AvgIpc) is 3.34. The second kappa shape index (κ2) is 10.1. The summed E-state index contributed by atoms with van der Waals surface area (Å²) in [4.78, 5) is 25.4. The number of aromatic nitrogens is 3. The van der Waals surface area contributed by atoms with Crippen molar-refractivity contribution in [3.8, 4) is 28.1 Å². The molecule has 1 amide bonds. The van der Waals surface area contributed by atoms with Gasteiger partial charge in [-0.25, -0.2) is 18.4 Å². The maximum absolute atomic E-state index is 13.0. The molecule has 0 bridgehead atoms. The lowest BCUT2D eigenvalue weighted by molar-refractivity contribution is 0.102. The Bertz CT molecular complexity index is 1730. The number of nitrogens with one attached hydrogen (secondary N) is 2. The summed E-state index contributed by atoms with van der Waals surface area (Å²) in [6.45, 7) is 3.30. The van der Waals surface area contributed by atoms with E-state index in [2.05, 4.69) is 20.3 Å². The first-order valence-corrected chi connectivity index (χ1v) is 13.6. The van der Waals surface area contributed by atoms with Crippen LogP contribution >= 0.6 is 0 Å². The van der Waals surface area contributed by atoms with Crippen LogP contribution in [0, 0.1) is 0 Å². The first-order valence-electron chi connectivity index (χ1n) is 12.0. The molecule has 0 aliphatic carbocycles. The van der Waals surface area contributed by atoms with Gasteiger partial charge in [0.25, 0.3) is 5.91 Å². The van der Waals surface area contributed by atoms with Gasteiger partial charge >= 0.3 is 0 Å². The Kier molecular flexibility index (Phi) is 6.69. The third-order valence-corrected chi connectivity index (χ3v) is 8.46. The van der Waals surface area contributed by atoms with E-state index >= 15 is 0 Å². The van der Waals surface area contributed by atoms with E-state index in [9.17, 15) is 13.2 Å². The molecule has 0 radical (unpaired) electrons. The lowest BCUT2D eigenvalue weighted by atomic mass is 10.0. The highest BCUT2D eigenvalue weighted by Gasteiger charge is 2.19. The minimum atomic E-state index is -3.37. The summed E-state index contributed by atoms with van der Waals surface area (Å²) in [6.07, 6.45) is 3.25. The molecule has 0 saturated heterocycles. The van der Waals surface area contributed by atoms with Crippen molar-refractivity contribution in [2.45, 2.75) is 24.0 Å². The van der Waals surface area contributed by atoms with Crippen molar-refractivity contribution < 1.29 is 17.9 Å². The van der Waals surface area contributed by atoms with E-state index in [0.717, 1.165) is 16.9 Å². The second-order valence-corrected chi connectivity index (χ2v) is 11.5. The molecule has 2 aromatic heterocycles. The number of H-pyrrole nitrogens is 1. The van der Waals surface area contributed by atoms with Crippen LogP contribution in [-0.4, -0.2) is 41.6 Å². The van der Waals surface area contributed by atoms with E-state index in [4.69, 9.17) is 4.74 Å². The predicted molar refractivity (Wildman–Crippen MR) is 148 cm³/mol. The third kappa shape index (κ3) is 4.76. The number of hydrogen-bond acceptors (Lipinski definition) is 6. The van der Waals surface area contributed by atoms with Gasteiger partial charge < -0.3 is 15.0 Å². The number of sulfone groups is 1. The molecule has 0 spiro atoms. The number of hydrogen-bond donors (Lipinski definition) is 2. The van der Waals surface area contributed by atoms with E-state index in [0.29, 0.717) is 33.7 Å². The minimum absolute atomic E-state index is 0.261. The molecule has 0 aliphatic rings. The quantitative estimate of drug-likeness (QED) is 0.280. The van der Waals surface area contributed by atoms with Crippen LogP contribution in [0.25, 0.3) is 33.5 Å². The van der Waals surface area contributed by atoms with E-state index in [1.54, 1.807) is 69.7 Å². The number of rotatable bonds is 7. The highest BCUT2D eigenvalue weighted by Crippen LogP contribution is 2.30. The summed E-state index contributed by atoms with van der Waals surface area (Å²) >= 11 is 0. The maximum Gasteiger partial charge on any atom is 0.255 e. The van der Waals surface area contributed by atoms with Gasteiger partial charge in [-0.2, -0.15) is 0 Å². The molecule has 0 aliphatic heterocycles. The lowest BCUT2D eigenvalue weighted by Gasteiger charge is -2.09. The highest BCUT2D eigenvalue weighted by atomic mass is 32.2. The molecule has 8 nitrogen and oxygen atoms in total. The molecule has 2 N–H and O–H groups in total. The van der Waals surface area contributed by atoms with Crippen molar-refractivity contribution in [2.75, 3.05) is 12.4 Å². The fourth-order valence-corrected chi connectivity index (χ4v) is 5.15. The Balaban J connectivity index is 1.38. The number of nitrogens with zero attached hydrogens (tertiary/aromatic N) is 2. The second-order valence-electron chi connectivity index (χ2n) is 9.00. The predicted octanol–water partition coefficient (Wildman–Crippen LogP) is 5.73. The zero-order chi connectivity index (χ0) is 26.9. The van der Waals surface area contributed by atoms with Gasteiger partial charge in [0, 0.05) is 22.9 Å². The number of fused-ring (bicyclic) bond motifs is 1. The maximum atomic E-state index is 13.0. The number of para-hydroxylation sites is 1. The summed E-state index contributed by atoms with van der Waals surface area (Å²) in [5, 5.41) is 2.40. The standard InChI is InChI=1S/C29H26N4O4S/c1-18(2)38(35,36)22-14-12-20(13-15-22)24-16-30-28-27(32-24)25(17-31-28)33-29(34)21-10-8-19(9-11-21)23-6-4-5-7-26(23)37-3/h4-18H,1-3H3,(H,30,31)(H,33,34). The van der Waals surface area contributed by atoms with Gasteiger partial charge in [-0.15, -0.1) is 0 Å². The Hall–Kier alpha value is -4.50. The van der Waals surface area contributed by atoms with Gasteiger partial charge in [0.2, 0.25) is 0 Å². The van der Waals surface area contributed by atoms with E-state index in [-0.39, 0.29) is 10.8 Å². The number of aromatic amines is 1.